The molecule has 1 aliphatic rings. The highest BCUT2D eigenvalue weighted by Crippen LogP contribution is 2.40. The summed E-state index contributed by atoms with van der Waals surface area (Å²) >= 11 is 5.94. The van der Waals surface area contributed by atoms with Gasteiger partial charge in [-0.2, -0.15) is 0 Å². The van der Waals surface area contributed by atoms with Crippen LogP contribution < -0.4 is 0 Å². The van der Waals surface area contributed by atoms with Crippen molar-refractivity contribution in [1.29, 1.82) is 0 Å². The number of terminal acetylenes is 1. The lowest BCUT2D eigenvalue weighted by atomic mass is 9.82. The highest BCUT2D eigenvalue weighted by Gasteiger charge is 2.53. The first kappa shape index (κ1) is 20.0. The zero-order valence-corrected chi connectivity index (χ0v) is 15.8. The second-order valence-electron chi connectivity index (χ2n) is 6.93. The predicted octanol–water partition coefficient (Wildman–Crippen LogP) is 4.69. The van der Waals surface area contributed by atoms with Gasteiger partial charge in [-0.1, -0.05) is 29.7 Å². The summed E-state index contributed by atoms with van der Waals surface area (Å²) in [7, 11) is -1.05. The summed E-state index contributed by atoms with van der Waals surface area (Å²) in [5.41, 5.74) is -0.501. The third-order valence-corrected chi connectivity index (χ3v) is 4.87. The van der Waals surface area contributed by atoms with E-state index >= 15 is 4.39 Å². The normalized spacial score (nSPS) is 19.5. The number of halogens is 2. The van der Waals surface area contributed by atoms with E-state index in [1.807, 2.05) is 27.7 Å². The number of benzene rings is 1. The Hall–Kier alpha value is -1.32. The minimum absolute atomic E-state index is 0.187. The van der Waals surface area contributed by atoms with Gasteiger partial charge >= 0.3 is 7.12 Å². The highest BCUT2D eigenvalue weighted by molar-refractivity contribution is 6.55. The van der Waals surface area contributed by atoms with E-state index in [0.717, 1.165) is 0 Å². The topological polar surface area (TPSA) is 27.7 Å². The fraction of sp³-hybridized carbons (Fsp3) is 0.474. The molecule has 0 radical (unpaired) electrons. The lowest BCUT2D eigenvalue weighted by molar-refractivity contribution is 0.00578. The summed E-state index contributed by atoms with van der Waals surface area (Å²) in [5.74, 6) is 2.40. The molecule has 0 aromatic heterocycles. The van der Waals surface area contributed by atoms with E-state index in [1.54, 1.807) is 24.3 Å². The Morgan fingerprint density at radius 1 is 1.20 bits per heavy atom. The Labute approximate surface area is 154 Å². The maximum atomic E-state index is 15.3. The van der Waals surface area contributed by atoms with Gasteiger partial charge in [0.25, 0.3) is 0 Å². The van der Waals surface area contributed by atoms with E-state index in [9.17, 15) is 0 Å². The standard InChI is InChI=1S/C19H23BClFO3/c1-6-12-23-13-11-16(14-7-9-15(21)10-8-14)17(22)20-24-18(2,3)19(4,5)25-20/h1,7-10H,11-13H2,2-5H3. The van der Waals surface area contributed by atoms with Crippen molar-refractivity contribution >= 4 is 24.3 Å². The minimum Gasteiger partial charge on any atom is -0.398 e. The summed E-state index contributed by atoms with van der Waals surface area (Å²) in [6.45, 7) is 8.04. The Morgan fingerprint density at radius 2 is 1.76 bits per heavy atom. The van der Waals surface area contributed by atoms with Crippen molar-refractivity contribution in [3.63, 3.8) is 0 Å². The molecule has 1 aromatic rings. The molecule has 6 heteroatoms. The van der Waals surface area contributed by atoms with Crippen LogP contribution in [0.1, 0.15) is 39.7 Å². The molecule has 0 spiro atoms. The maximum Gasteiger partial charge on any atom is 0.525 e. The summed E-state index contributed by atoms with van der Waals surface area (Å²) in [4.78, 5) is 0. The van der Waals surface area contributed by atoms with Gasteiger partial charge in [-0.25, -0.2) is 4.39 Å². The van der Waals surface area contributed by atoms with Crippen molar-refractivity contribution in [3.8, 4) is 12.3 Å². The van der Waals surface area contributed by atoms with E-state index in [0.29, 0.717) is 29.2 Å². The van der Waals surface area contributed by atoms with Crippen molar-refractivity contribution in [3.05, 3.63) is 40.6 Å². The number of ether oxygens (including phenoxy) is 1. The molecule has 0 atom stereocenters. The number of hydrogen-bond acceptors (Lipinski definition) is 3. The van der Waals surface area contributed by atoms with Crippen molar-refractivity contribution in [1.82, 2.24) is 0 Å². The Bertz CT molecular complexity index is 661. The molecule has 1 saturated heterocycles. The molecule has 1 aliphatic heterocycles. The van der Waals surface area contributed by atoms with Gasteiger partial charge in [-0.05, 0) is 57.4 Å². The Balaban J connectivity index is 2.31. The van der Waals surface area contributed by atoms with Crippen LogP contribution in [0.5, 0.6) is 0 Å². The maximum absolute atomic E-state index is 15.3. The molecular formula is C19H23BClFO3. The molecule has 25 heavy (non-hydrogen) atoms. The fourth-order valence-corrected chi connectivity index (χ4v) is 2.57. The third kappa shape index (κ3) is 4.65. The van der Waals surface area contributed by atoms with E-state index in [4.69, 9.17) is 32.1 Å². The first-order valence-electron chi connectivity index (χ1n) is 8.19. The van der Waals surface area contributed by atoms with Crippen LogP contribution in [-0.4, -0.2) is 31.5 Å². The highest BCUT2D eigenvalue weighted by atomic mass is 35.5. The van der Waals surface area contributed by atoms with Crippen LogP contribution in [0.4, 0.5) is 4.39 Å². The molecule has 0 saturated carbocycles. The van der Waals surface area contributed by atoms with E-state index in [2.05, 4.69) is 5.92 Å². The summed E-state index contributed by atoms with van der Waals surface area (Å²) in [5, 5.41) is 0.586. The van der Waals surface area contributed by atoms with Crippen LogP contribution in [0, 0.1) is 12.3 Å². The quantitative estimate of drug-likeness (QED) is 0.416. The van der Waals surface area contributed by atoms with Crippen LogP contribution in [0.3, 0.4) is 0 Å². The van der Waals surface area contributed by atoms with Crippen molar-refractivity contribution in [2.24, 2.45) is 0 Å². The molecule has 0 N–H and O–H groups in total. The molecule has 2 rings (SSSR count). The van der Waals surface area contributed by atoms with Gasteiger partial charge in [-0.15, -0.1) is 6.42 Å². The first-order chi connectivity index (χ1) is 11.7. The van der Waals surface area contributed by atoms with Gasteiger partial charge in [0.1, 0.15) is 12.3 Å². The van der Waals surface area contributed by atoms with Gasteiger partial charge in [0.05, 0.1) is 17.8 Å². The zero-order chi connectivity index (χ0) is 18.7. The average molecular weight is 365 g/mol. The van der Waals surface area contributed by atoms with Crippen LogP contribution in [-0.2, 0) is 14.0 Å². The van der Waals surface area contributed by atoms with Crippen molar-refractivity contribution < 1.29 is 18.4 Å². The number of rotatable bonds is 6. The van der Waals surface area contributed by atoms with Crippen molar-refractivity contribution in [2.75, 3.05) is 13.2 Å². The molecule has 1 aromatic carbocycles. The predicted molar refractivity (Wildman–Crippen MR) is 99.8 cm³/mol. The van der Waals surface area contributed by atoms with Crippen LogP contribution in [0.15, 0.2) is 30.0 Å². The summed E-state index contributed by atoms with van der Waals surface area (Å²) in [6.07, 6.45) is 5.52. The lowest BCUT2D eigenvalue weighted by Crippen LogP contribution is -2.41. The second kappa shape index (κ2) is 7.93. The first-order valence-corrected chi connectivity index (χ1v) is 8.57. The molecule has 134 valence electrons. The van der Waals surface area contributed by atoms with E-state index < -0.39 is 24.0 Å². The monoisotopic (exact) mass is 364 g/mol. The van der Waals surface area contributed by atoms with Gasteiger partial charge in [0.2, 0.25) is 0 Å². The summed E-state index contributed by atoms with van der Waals surface area (Å²) in [6, 6.07) is 6.97. The molecule has 0 unspecified atom stereocenters. The van der Waals surface area contributed by atoms with Gasteiger partial charge in [0, 0.05) is 5.02 Å². The van der Waals surface area contributed by atoms with Gasteiger partial charge in [-0.3, -0.25) is 0 Å². The largest absolute Gasteiger partial charge is 0.525 e. The molecule has 0 amide bonds. The number of hydrogen-bond donors (Lipinski definition) is 0. The molecule has 0 aliphatic carbocycles. The summed E-state index contributed by atoms with van der Waals surface area (Å²) < 4.78 is 32.2. The average Bonchev–Trinajstić information content (AvgIpc) is 2.76. The van der Waals surface area contributed by atoms with E-state index in [-0.39, 0.29) is 6.61 Å². The van der Waals surface area contributed by atoms with Crippen LogP contribution in [0.2, 0.25) is 5.02 Å². The SMILES string of the molecule is C#CCOCCC(=C(F)B1OC(C)(C)C(C)(C)O1)c1ccc(Cl)cc1. The van der Waals surface area contributed by atoms with E-state index in [1.165, 1.54) is 0 Å². The third-order valence-electron chi connectivity index (χ3n) is 4.62. The van der Waals surface area contributed by atoms with Gasteiger partial charge < -0.3 is 14.0 Å². The van der Waals surface area contributed by atoms with Crippen LogP contribution in [0.25, 0.3) is 5.57 Å². The zero-order valence-electron chi connectivity index (χ0n) is 15.1. The Morgan fingerprint density at radius 3 is 2.28 bits per heavy atom. The molecule has 3 nitrogen and oxygen atoms in total. The second-order valence-corrected chi connectivity index (χ2v) is 7.36. The molecule has 1 fully saturated rings. The molecule has 1 heterocycles. The fourth-order valence-electron chi connectivity index (χ4n) is 2.45. The minimum atomic E-state index is -1.05. The smallest absolute Gasteiger partial charge is 0.398 e. The Kier molecular flexibility index (Phi) is 6.34. The molecule has 0 bridgehead atoms. The van der Waals surface area contributed by atoms with Crippen molar-refractivity contribution in [2.45, 2.75) is 45.3 Å². The lowest BCUT2D eigenvalue weighted by Gasteiger charge is -2.32. The van der Waals surface area contributed by atoms with Gasteiger partial charge in [0.15, 0.2) is 0 Å². The molecular weight excluding hydrogens is 341 g/mol. The van der Waals surface area contributed by atoms with Crippen LogP contribution >= 0.6 is 11.6 Å².